The number of alkyl halides is 1. The molecule has 3 aromatic heterocycles. The molecule has 9 nitrogen and oxygen atoms in total. The van der Waals surface area contributed by atoms with Crippen LogP contribution in [0.5, 0.6) is 0 Å². The lowest BCUT2D eigenvalue weighted by molar-refractivity contribution is -0.149. The topological polar surface area (TPSA) is 130 Å². The molecule has 0 bridgehead atoms. The predicted molar refractivity (Wildman–Crippen MR) is 97.4 cm³/mol. The van der Waals surface area contributed by atoms with Crippen molar-refractivity contribution in [3.05, 3.63) is 24.8 Å². The number of nitriles is 1. The van der Waals surface area contributed by atoms with Gasteiger partial charge in [-0.05, 0) is 18.9 Å². The van der Waals surface area contributed by atoms with E-state index >= 15 is 0 Å². The summed E-state index contributed by atoms with van der Waals surface area (Å²) in [6, 6.07) is 4.01. The van der Waals surface area contributed by atoms with Crippen LogP contribution in [-0.4, -0.2) is 54.3 Å². The van der Waals surface area contributed by atoms with E-state index in [0.29, 0.717) is 16.9 Å². The molecular formula is C18H17FN8O. The van der Waals surface area contributed by atoms with Gasteiger partial charge in [-0.3, -0.25) is 9.48 Å². The summed E-state index contributed by atoms with van der Waals surface area (Å²) in [5, 5.41) is 14.5. The minimum absolute atomic E-state index is 0.139. The molecule has 4 heterocycles. The lowest BCUT2D eigenvalue weighted by atomic mass is 9.86. The Balaban J connectivity index is 1.49. The summed E-state index contributed by atoms with van der Waals surface area (Å²) in [6.45, 7) is 0.462. The fraction of sp³-hybridized carbons (Fsp3) is 0.389. The van der Waals surface area contributed by atoms with E-state index in [-0.39, 0.29) is 38.2 Å². The van der Waals surface area contributed by atoms with Crippen LogP contribution in [0.3, 0.4) is 0 Å². The van der Waals surface area contributed by atoms with Gasteiger partial charge >= 0.3 is 0 Å². The number of nitrogens with two attached hydrogens (primary N) is 1. The van der Waals surface area contributed by atoms with Crippen molar-refractivity contribution in [3.8, 4) is 17.3 Å². The molecule has 1 saturated carbocycles. The molecule has 1 amide bonds. The second-order valence-electron chi connectivity index (χ2n) is 7.52. The Morgan fingerprint density at radius 1 is 1.39 bits per heavy atom. The fourth-order valence-electron chi connectivity index (χ4n) is 3.80. The summed E-state index contributed by atoms with van der Waals surface area (Å²) in [7, 11) is 0. The lowest BCUT2D eigenvalue weighted by Gasteiger charge is -2.49. The molecule has 0 aromatic carbocycles. The number of nitrogens with one attached hydrogen (secondary N) is 1. The third-order valence-electron chi connectivity index (χ3n) is 5.58. The Morgan fingerprint density at radius 3 is 2.89 bits per heavy atom. The molecule has 1 aliphatic heterocycles. The maximum Gasteiger partial charge on any atom is 0.260 e. The Hall–Kier alpha value is -3.48. The first kappa shape index (κ1) is 16.7. The predicted octanol–water partition coefficient (Wildman–Crippen LogP) is 1.36. The number of nitrogen functional groups attached to an aromatic ring is 1. The van der Waals surface area contributed by atoms with Crippen molar-refractivity contribution in [1.82, 2.24) is 29.6 Å². The fourth-order valence-corrected chi connectivity index (χ4v) is 3.80. The van der Waals surface area contributed by atoms with E-state index in [2.05, 4.69) is 26.1 Å². The zero-order valence-corrected chi connectivity index (χ0v) is 14.9. The van der Waals surface area contributed by atoms with Gasteiger partial charge in [0.05, 0.1) is 23.7 Å². The van der Waals surface area contributed by atoms with Gasteiger partial charge < -0.3 is 15.6 Å². The molecule has 1 saturated heterocycles. The highest BCUT2D eigenvalue weighted by Gasteiger charge is 2.58. The number of carbonyl (C=O) groups excluding carboxylic acids is 1. The average Bonchev–Trinajstić information content (AvgIpc) is 3.06. The second-order valence-corrected chi connectivity index (χ2v) is 7.52. The van der Waals surface area contributed by atoms with E-state index in [1.165, 1.54) is 11.2 Å². The van der Waals surface area contributed by atoms with Crippen molar-refractivity contribution in [2.75, 3.05) is 18.8 Å². The van der Waals surface area contributed by atoms with Crippen LogP contribution in [0.1, 0.15) is 19.3 Å². The molecule has 3 aromatic rings. The first-order valence-corrected chi connectivity index (χ1v) is 8.95. The van der Waals surface area contributed by atoms with Crippen molar-refractivity contribution in [2.24, 2.45) is 0 Å². The quantitative estimate of drug-likeness (QED) is 0.703. The first-order valence-electron chi connectivity index (χ1n) is 8.95. The van der Waals surface area contributed by atoms with E-state index in [0.717, 1.165) is 5.39 Å². The van der Waals surface area contributed by atoms with E-state index in [1.54, 1.807) is 17.1 Å². The highest BCUT2D eigenvalue weighted by molar-refractivity contribution is 5.93. The molecule has 2 fully saturated rings. The van der Waals surface area contributed by atoms with Crippen LogP contribution in [0.15, 0.2) is 24.8 Å². The molecule has 28 heavy (non-hydrogen) atoms. The van der Waals surface area contributed by atoms with Gasteiger partial charge in [0.15, 0.2) is 11.5 Å². The summed E-state index contributed by atoms with van der Waals surface area (Å²) < 4.78 is 15.7. The summed E-state index contributed by atoms with van der Waals surface area (Å²) in [5.41, 5.74) is 5.66. The molecule has 3 N–H and O–H groups in total. The van der Waals surface area contributed by atoms with E-state index in [9.17, 15) is 14.4 Å². The Bertz CT molecular complexity index is 1130. The van der Waals surface area contributed by atoms with Crippen molar-refractivity contribution >= 4 is 22.8 Å². The number of H-pyrrole nitrogens is 1. The highest BCUT2D eigenvalue weighted by atomic mass is 19.1. The van der Waals surface area contributed by atoms with Crippen LogP contribution >= 0.6 is 0 Å². The molecule has 0 unspecified atom stereocenters. The normalized spacial score (nSPS) is 19.2. The van der Waals surface area contributed by atoms with Gasteiger partial charge in [-0.2, -0.15) is 10.4 Å². The standard InChI is InChI=1S/C18H17FN8O/c19-18(2-3-18)16(28)26-8-17(9-26,4-5-20)27-7-12(14(21)25-27)13-11-1-6-22-15(11)24-10-23-13/h1,6-7,10H,2-4,8-9H2,(H2,21,25)(H,22,23,24). The number of hydrogen-bond acceptors (Lipinski definition) is 6. The molecule has 0 radical (unpaired) electrons. The van der Waals surface area contributed by atoms with E-state index in [1.807, 2.05) is 6.07 Å². The zero-order chi connectivity index (χ0) is 19.5. The van der Waals surface area contributed by atoms with Crippen molar-refractivity contribution in [1.29, 1.82) is 5.26 Å². The van der Waals surface area contributed by atoms with Crippen LogP contribution < -0.4 is 5.73 Å². The molecule has 2 aliphatic rings. The average molecular weight is 380 g/mol. The Labute approximate surface area is 159 Å². The summed E-state index contributed by atoms with van der Waals surface area (Å²) >= 11 is 0. The number of halogens is 1. The van der Waals surface area contributed by atoms with Crippen LogP contribution in [-0.2, 0) is 10.3 Å². The number of nitrogens with zero attached hydrogens (tertiary/aromatic N) is 6. The van der Waals surface area contributed by atoms with Crippen molar-refractivity contribution in [2.45, 2.75) is 30.5 Å². The van der Waals surface area contributed by atoms with Gasteiger partial charge in [0, 0.05) is 30.9 Å². The van der Waals surface area contributed by atoms with Gasteiger partial charge in [-0.25, -0.2) is 14.4 Å². The van der Waals surface area contributed by atoms with Gasteiger partial charge in [-0.1, -0.05) is 0 Å². The lowest BCUT2D eigenvalue weighted by Crippen LogP contribution is -2.65. The molecular weight excluding hydrogens is 363 g/mol. The van der Waals surface area contributed by atoms with Crippen molar-refractivity contribution < 1.29 is 9.18 Å². The SMILES string of the molecule is N#CCC1(n2cc(-c3ncnc4[nH]ccc34)c(N)n2)CN(C(=O)C2(F)CC2)C1. The number of fused-ring (bicyclic) bond motifs is 1. The van der Waals surface area contributed by atoms with Crippen LogP contribution in [0.4, 0.5) is 10.2 Å². The maximum absolute atomic E-state index is 14.1. The highest BCUT2D eigenvalue weighted by Crippen LogP contribution is 2.45. The Morgan fingerprint density at radius 2 is 2.18 bits per heavy atom. The van der Waals surface area contributed by atoms with Gasteiger partial charge in [0.2, 0.25) is 0 Å². The molecule has 5 rings (SSSR count). The molecule has 142 valence electrons. The van der Waals surface area contributed by atoms with Crippen LogP contribution in [0, 0.1) is 11.3 Å². The van der Waals surface area contributed by atoms with Crippen LogP contribution in [0.25, 0.3) is 22.3 Å². The van der Waals surface area contributed by atoms with E-state index < -0.39 is 17.1 Å². The number of carbonyl (C=O) groups is 1. The summed E-state index contributed by atoms with van der Waals surface area (Å²) in [5.74, 6) is -0.223. The minimum atomic E-state index is -1.71. The summed E-state index contributed by atoms with van der Waals surface area (Å²) in [6.07, 6.45) is 5.63. The second kappa shape index (κ2) is 5.51. The van der Waals surface area contributed by atoms with Gasteiger partial charge in [0.1, 0.15) is 17.5 Å². The zero-order valence-electron chi connectivity index (χ0n) is 14.9. The van der Waals surface area contributed by atoms with Gasteiger partial charge in [0.25, 0.3) is 5.91 Å². The number of anilines is 1. The van der Waals surface area contributed by atoms with Crippen molar-refractivity contribution in [3.63, 3.8) is 0 Å². The molecule has 0 atom stereocenters. The number of amides is 1. The monoisotopic (exact) mass is 380 g/mol. The number of hydrogen-bond donors (Lipinski definition) is 2. The van der Waals surface area contributed by atoms with Crippen LogP contribution in [0.2, 0.25) is 0 Å². The molecule has 0 spiro atoms. The van der Waals surface area contributed by atoms with E-state index in [4.69, 9.17) is 5.73 Å². The number of aromatic amines is 1. The van der Waals surface area contributed by atoms with Gasteiger partial charge in [-0.15, -0.1) is 0 Å². The molecule has 1 aliphatic carbocycles. The first-order chi connectivity index (χ1) is 13.5. The molecule has 10 heteroatoms. The number of aromatic nitrogens is 5. The largest absolute Gasteiger partial charge is 0.382 e. The number of likely N-dealkylation sites (tertiary alicyclic amines) is 1. The maximum atomic E-state index is 14.1. The number of rotatable bonds is 4. The Kier molecular flexibility index (Phi) is 3.28. The third kappa shape index (κ3) is 2.29. The smallest absolute Gasteiger partial charge is 0.260 e. The third-order valence-corrected chi connectivity index (χ3v) is 5.58. The summed E-state index contributed by atoms with van der Waals surface area (Å²) in [4.78, 5) is 25.2. The minimum Gasteiger partial charge on any atom is -0.382 e.